The van der Waals surface area contributed by atoms with Gasteiger partial charge >= 0.3 is 0 Å². The molecular weight excluding hydrogens is 216 g/mol. The summed E-state index contributed by atoms with van der Waals surface area (Å²) in [4.78, 5) is 12.0. The van der Waals surface area contributed by atoms with E-state index in [0.717, 1.165) is 19.6 Å². The molecule has 92 valence electrons. The Morgan fingerprint density at radius 3 is 3.06 bits per heavy atom. The maximum Gasteiger partial charge on any atom is 0.251 e. The van der Waals surface area contributed by atoms with Crippen molar-refractivity contribution in [1.82, 2.24) is 5.32 Å². The van der Waals surface area contributed by atoms with Gasteiger partial charge in [-0.2, -0.15) is 0 Å². The standard InChI is InChI=1S/C13H18N2O2/c1-9(11-5-6-17-8-11)15-13(16)10-3-2-4-12(14)7-10/h2-4,7,9,11H,5-6,8,14H2,1H3,(H,15,16). The van der Waals surface area contributed by atoms with Crippen molar-refractivity contribution < 1.29 is 9.53 Å². The summed E-state index contributed by atoms with van der Waals surface area (Å²) in [6.07, 6.45) is 1.01. The van der Waals surface area contributed by atoms with Gasteiger partial charge < -0.3 is 15.8 Å². The minimum atomic E-state index is -0.0725. The summed E-state index contributed by atoms with van der Waals surface area (Å²) in [6, 6.07) is 7.14. The van der Waals surface area contributed by atoms with Gasteiger partial charge in [0, 0.05) is 29.8 Å². The van der Waals surface area contributed by atoms with Gasteiger partial charge in [-0.3, -0.25) is 4.79 Å². The number of anilines is 1. The molecule has 1 heterocycles. The number of amides is 1. The highest BCUT2D eigenvalue weighted by Gasteiger charge is 2.23. The molecule has 2 unspecified atom stereocenters. The van der Waals surface area contributed by atoms with Crippen LogP contribution >= 0.6 is 0 Å². The van der Waals surface area contributed by atoms with E-state index in [1.54, 1.807) is 24.3 Å². The Hall–Kier alpha value is -1.55. The van der Waals surface area contributed by atoms with Crippen molar-refractivity contribution in [2.24, 2.45) is 5.92 Å². The molecule has 1 aliphatic heterocycles. The van der Waals surface area contributed by atoms with Crippen molar-refractivity contribution in [3.8, 4) is 0 Å². The fourth-order valence-corrected chi connectivity index (χ4v) is 2.03. The molecule has 2 atom stereocenters. The summed E-state index contributed by atoms with van der Waals surface area (Å²) in [5, 5.41) is 2.99. The summed E-state index contributed by atoms with van der Waals surface area (Å²) in [6.45, 7) is 3.55. The molecule has 1 aromatic rings. The first-order chi connectivity index (χ1) is 8.16. The van der Waals surface area contributed by atoms with Crippen molar-refractivity contribution in [1.29, 1.82) is 0 Å². The first-order valence-corrected chi connectivity index (χ1v) is 5.91. The van der Waals surface area contributed by atoms with Crippen LogP contribution in [-0.4, -0.2) is 25.2 Å². The zero-order chi connectivity index (χ0) is 12.3. The molecular formula is C13H18N2O2. The fourth-order valence-electron chi connectivity index (χ4n) is 2.03. The molecule has 0 radical (unpaired) electrons. The van der Waals surface area contributed by atoms with Crippen LogP contribution < -0.4 is 11.1 Å². The van der Waals surface area contributed by atoms with E-state index in [2.05, 4.69) is 5.32 Å². The van der Waals surface area contributed by atoms with E-state index >= 15 is 0 Å². The Morgan fingerprint density at radius 2 is 2.41 bits per heavy atom. The van der Waals surface area contributed by atoms with Crippen molar-refractivity contribution in [2.45, 2.75) is 19.4 Å². The van der Waals surface area contributed by atoms with Gasteiger partial charge in [0.2, 0.25) is 0 Å². The number of nitrogens with two attached hydrogens (primary N) is 1. The third-order valence-electron chi connectivity index (χ3n) is 3.18. The monoisotopic (exact) mass is 234 g/mol. The number of ether oxygens (including phenoxy) is 1. The zero-order valence-electron chi connectivity index (χ0n) is 9.98. The highest BCUT2D eigenvalue weighted by molar-refractivity contribution is 5.95. The Kier molecular flexibility index (Phi) is 3.64. The van der Waals surface area contributed by atoms with Gasteiger partial charge in [0.25, 0.3) is 5.91 Å². The third-order valence-corrected chi connectivity index (χ3v) is 3.18. The molecule has 2 rings (SSSR count). The lowest BCUT2D eigenvalue weighted by molar-refractivity contribution is 0.0922. The summed E-state index contributed by atoms with van der Waals surface area (Å²) < 4.78 is 5.31. The third kappa shape index (κ3) is 2.97. The molecule has 1 saturated heterocycles. The average molecular weight is 234 g/mol. The van der Waals surface area contributed by atoms with E-state index in [1.807, 2.05) is 6.92 Å². The minimum absolute atomic E-state index is 0.0725. The van der Waals surface area contributed by atoms with E-state index < -0.39 is 0 Å². The van der Waals surface area contributed by atoms with Gasteiger partial charge in [-0.15, -0.1) is 0 Å². The van der Waals surface area contributed by atoms with Crippen LogP contribution in [0.5, 0.6) is 0 Å². The molecule has 1 aliphatic rings. The smallest absolute Gasteiger partial charge is 0.251 e. The molecule has 0 aliphatic carbocycles. The molecule has 0 saturated carbocycles. The second-order valence-electron chi connectivity index (χ2n) is 4.51. The maximum absolute atomic E-state index is 12.0. The SMILES string of the molecule is CC(NC(=O)c1cccc(N)c1)C1CCOC1. The predicted octanol–water partition coefficient (Wildman–Crippen LogP) is 1.42. The lowest BCUT2D eigenvalue weighted by atomic mass is 10.0. The Morgan fingerprint density at radius 1 is 1.59 bits per heavy atom. The van der Waals surface area contributed by atoms with Crippen LogP contribution in [0.3, 0.4) is 0 Å². The van der Waals surface area contributed by atoms with Gasteiger partial charge in [-0.1, -0.05) is 6.07 Å². The van der Waals surface area contributed by atoms with Crippen molar-refractivity contribution in [2.75, 3.05) is 18.9 Å². The quantitative estimate of drug-likeness (QED) is 0.777. The van der Waals surface area contributed by atoms with Gasteiger partial charge in [-0.25, -0.2) is 0 Å². The van der Waals surface area contributed by atoms with Crippen molar-refractivity contribution in [3.05, 3.63) is 29.8 Å². The number of nitrogen functional groups attached to an aromatic ring is 1. The molecule has 1 fully saturated rings. The van der Waals surface area contributed by atoms with Gasteiger partial charge in [0.1, 0.15) is 0 Å². The number of rotatable bonds is 3. The molecule has 1 amide bonds. The number of hydrogen-bond acceptors (Lipinski definition) is 3. The van der Waals surface area contributed by atoms with Crippen molar-refractivity contribution in [3.63, 3.8) is 0 Å². The average Bonchev–Trinajstić information content (AvgIpc) is 2.82. The largest absolute Gasteiger partial charge is 0.399 e. The zero-order valence-corrected chi connectivity index (χ0v) is 9.98. The topological polar surface area (TPSA) is 64.4 Å². The highest BCUT2D eigenvalue weighted by Crippen LogP contribution is 2.17. The lowest BCUT2D eigenvalue weighted by Crippen LogP contribution is -2.38. The molecule has 17 heavy (non-hydrogen) atoms. The number of carbonyl (C=O) groups excluding carboxylic acids is 1. The van der Waals surface area contributed by atoms with E-state index in [4.69, 9.17) is 10.5 Å². The highest BCUT2D eigenvalue weighted by atomic mass is 16.5. The van der Waals surface area contributed by atoms with Crippen LogP contribution in [0.1, 0.15) is 23.7 Å². The molecule has 1 aromatic carbocycles. The summed E-state index contributed by atoms with van der Waals surface area (Å²) in [7, 11) is 0. The number of hydrogen-bond donors (Lipinski definition) is 2. The molecule has 0 bridgehead atoms. The van der Waals surface area contributed by atoms with Gasteiger partial charge in [0.05, 0.1) is 6.61 Å². The summed E-state index contributed by atoms with van der Waals surface area (Å²) in [5.74, 6) is 0.344. The van der Waals surface area contributed by atoms with Crippen LogP contribution in [-0.2, 0) is 4.74 Å². The van der Waals surface area contributed by atoms with Gasteiger partial charge in [-0.05, 0) is 31.5 Å². The van der Waals surface area contributed by atoms with E-state index in [1.165, 1.54) is 0 Å². The molecule has 0 spiro atoms. The van der Waals surface area contributed by atoms with E-state index in [9.17, 15) is 4.79 Å². The van der Waals surface area contributed by atoms with E-state index in [-0.39, 0.29) is 11.9 Å². The molecule has 4 heteroatoms. The first-order valence-electron chi connectivity index (χ1n) is 5.91. The van der Waals surface area contributed by atoms with Gasteiger partial charge in [0.15, 0.2) is 0 Å². The van der Waals surface area contributed by atoms with Crippen LogP contribution in [0.2, 0.25) is 0 Å². The lowest BCUT2D eigenvalue weighted by Gasteiger charge is -2.19. The minimum Gasteiger partial charge on any atom is -0.399 e. The maximum atomic E-state index is 12.0. The van der Waals surface area contributed by atoms with Crippen LogP contribution in [0.4, 0.5) is 5.69 Å². The Balaban J connectivity index is 1.96. The number of nitrogens with one attached hydrogen (secondary N) is 1. The Bertz CT molecular complexity index is 400. The number of benzene rings is 1. The molecule has 3 N–H and O–H groups in total. The summed E-state index contributed by atoms with van der Waals surface area (Å²) in [5.41, 5.74) is 6.86. The first kappa shape index (κ1) is 11.9. The molecule has 0 aromatic heterocycles. The normalized spacial score (nSPS) is 21.1. The fraction of sp³-hybridized carbons (Fsp3) is 0.462. The van der Waals surface area contributed by atoms with Crippen LogP contribution in [0.15, 0.2) is 24.3 Å². The second-order valence-corrected chi connectivity index (χ2v) is 4.51. The Labute approximate surface area is 101 Å². The number of carbonyl (C=O) groups is 1. The van der Waals surface area contributed by atoms with Crippen molar-refractivity contribution >= 4 is 11.6 Å². The van der Waals surface area contributed by atoms with Crippen LogP contribution in [0, 0.1) is 5.92 Å². The summed E-state index contributed by atoms with van der Waals surface area (Å²) >= 11 is 0. The van der Waals surface area contributed by atoms with Crippen LogP contribution in [0.25, 0.3) is 0 Å². The molecule has 4 nitrogen and oxygen atoms in total. The second kappa shape index (κ2) is 5.19. The predicted molar refractivity (Wildman–Crippen MR) is 66.7 cm³/mol. The van der Waals surface area contributed by atoms with E-state index in [0.29, 0.717) is 17.2 Å².